The molecule has 3 nitrogen and oxygen atoms in total. The number of allylic oxidation sites excluding steroid dienone is 2. The third-order valence-corrected chi connectivity index (χ3v) is 3.13. The standard InChI is InChI=1S/C16H15NO2.C2H6/c1-10(2)12-6-5-7-14-15(17(18)19)9-8-13(11(3)4)16(12)14;1-2/h5-9H,1,3H2,2,4H3;1-2H3. The van der Waals surface area contributed by atoms with Crippen LogP contribution in [-0.2, 0) is 0 Å². The van der Waals surface area contributed by atoms with Gasteiger partial charge in [0.05, 0.1) is 10.3 Å². The lowest BCUT2D eigenvalue weighted by Crippen LogP contribution is -1.94. The molecule has 110 valence electrons. The summed E-state index contributed by atoms with van der Waals surface area (Å²) in [6.07, 6.45) is 0. The lowest BCUT2D eigenvalue weighted by Gasteiger charge is -2.12. The van der Waals surface area contributed by atoms with Crippen molar-refractivity contribution >= 4 is 27.6 Å². The molecule has 0 saturated carbocycles. The summed E-state index contributed by atoms with van der Waals surface area (Å²) in [5.74, 6) is 0. The third-order valence-electron chi connectivity index (χ3n) is 3.13. The van der Waals surface area contributed by atoms with Gasteiger partial charge in [-0.1, -0.05) is 50.3 Å². The van der Waals surface area contributed by atoms with Crippen LogP contribution >= 0.6 is 0 Å². The van der Waals surface area contributed by atoms with Crippen LogP contribution in [0.25, 0.3) is 21.9 Å². The molecule has 0 aliphatic heterocycles. The topological polar surface area (TPSA) is 43.1 Å². The van der Waals surface area contributed by atoms with Crippen molar-refractivity contribution in [1.82, 2.24) is 0 Å². The fourth-order valence-electron chi connectivity index (χ4n) is 2.26. The highest BCUT2D eigenvalue weighted by Crippen LogP contribution is 2.35. The van der Waals surface area contributed by atoms with Gasteiger partial charge in [0.25, 0.3) is 5.69 Å². The van der Waals surface area contributed by atoms with Crippen LogP contribution in [0.2, 0.25) is 0 Å². The van der Waals surface area contributed by atoms with Gasteiger partial charge in [0.1, 0.15) is 0 Å². The Hall–Kier alpha value is -2.42. The monoisotopic (exact) mass is 283 g/mol. The molecule has 0 heterocycles. The molecule has 3 heteroatoms. The number of nitro benzene ring substituents is 1. The zero-order chi connectivity index (χ0) is 16.2. The quantitative estimate of drug-likeness (QED) is 0.524. The van der Waals surface area contributed by atoms with E-state index >= 15 is 0 Å². The van der Waals surface area contributed by atoms with E-state index < -0.39 is 0 Å². The molecule has 0 unspecified atom stereocenters. The van der Waals surface area contributed by atoms with Crippen molar-refractivity contribution in [2.45, 2.75) is 27.7 Å². The Morgan fingerprint density at radius 1 is 1.00 bits per heavy atom. The van der Waals surface area contributed by atoms with E-state index in [1.54, 1.807) is 12.1 Å². The predicted molar refractivity (Wildman–Crippen MR) is 91.4 cm³/mol. The number of benzene rings is 2. The van der Waals surface area contributed by atoms with E-state index in [9.17, 15) is 10.1 Å². The predicted octanol–water partition coefficient (Wildman–Crippen LogP) is 5.84. The van der Waals surface area contributed by atoms with E-state index in [2.05, 4.69) is 13.2 Å². The Morgan fingerprint density at radius 3 is 2.00 bits per heavy atom. The van der Waals surface area contributed by atoms with Crippen molar-refractivity contribution in [3.05, 3.63) is 64.7 Å². The minimum absolute atomic E-state index is 0.114. The highest BCUT2D eigenvalue weighted by atomic mass is 16.6. The average Bonchev–Trinajstić information content (AvgIpc) is 2.46. The zero-order valence-electron chi connectivity index (χ0n) is 13.1. The third kappa shape index (κ3) is 3.19. The summed E-state index contributed by atoms with van der Waals surface area (Å²) in [7, 11) is 0. The van der Waals surface area contributed by atoms with Crippen LogP contribution in [0.3, 0.4) is 0 Å². The summed E-state index contributed by atoms with van der Waals surface area (Å²) in [5.41, 5.74) is 3.74. The summed E-state index contributed by atoms with van der Waals surface area (Å²) in [6.45, 7) is 15.7. The first kappa shape index (κ1) is 16.6. The number of nitro groups is 1. The molecule has 0 saturated heterocycles. The van der Waals surface area contributed by atoms with E-state index in [0.717, 1.165) is 27.7 Å². The highest BCUT2D eigenvalue weighted by molar-refractivity contribution is 6.04. The van der Waals surface area contributed by atoms with Crippen LogP contribution in [0.15, 0.2) is 43.5 Å². The van der Waals surface area contributed by atoms with Crippen molar-refractivity contribution in [3.63, 3.8) is 0 Å². The number of rotatable bonds is 3. The van der Waals surface area contributed by atoms with Gasteiger partial charge in [-0.3, -0.25) is 10.1 Å². The maximum absolute atomic E-state index is 11.1. The van der Waals surface area contributed by atoms with Gasteiger partial charge in [-0.05, 0) is 37.1 Å². The van der Waals surface area contributed by atoms with E-state index in [-0.39, 0.29) is 10.6 Å². The minimum Gasteiger partial charge on any atom is -0.258 e. The minimum atomic E-state index is -0.354. The zero-order valence-corrected chi connectivity index (χ0v) is 13.1. The molecule has 0 atom stereocenters. The van der Waals surface area contributed by atoms with Crippen molar-refractivity contribution < 1.29 is 4.92 Å². The largest absolute Gasteiger partial charge is 0.277 e. The number of non-ortho nitro benzene ring substituents is 1. The molecule has 0 N–H and O–H groups in total. The Labute approximate surface area is 125 Å². The maximum Gasteiger partial charge on any atom is 0.277 e. The average molecular weight is 283 g/mol. The van der Waals surface area contributed by atoms with Gasteiger partial charge >= 0.3 is 0 Å². The second-order valence-corrected chi connectivity index (χ2v) is 4.68. The van der Waals surface area contributed by atoms with Crippen molar-refractivity contribution in [3.8, 4) is 0 Å². The fraction of sp³-hybridized carbons (Fsp3) is 0.222. The first-order valence-corrected chi connectivity index (χ1v) is 6.95. The summed E-state index contributed by atoms with van der Waals surface area (Å²) in [4.78, 5) is 10.8. The molecular weight excluding hydrogens is 262 g/mol. The number of nitrogens with zero attached hydrogens (tertiary/aromatic N) is 1. The van der Waals surface area contributed by atoms with E-state index in [0.29, 0.717) is 5.39 Å². The van der Waals surface area contributed by atoms with Crippen LogP contribution in [-0.4, -0.2) is 4.92 Å². The molecule has 2 aromatic carbocycles. The summed E-state index contributed by atoms with van der Waals surface area (Å²) in [6, 6.07) is 8.82. The summed E-state index contributed by atoms with van der Waals surface area (Å²) in [5, 5.41) is 12.6. The van der Waals surface area contributed by atoms with Crippen LogP contribution in [0.4, 0.5) is 5.69 Å². The lowest BCUT2D eigenvalue weighted by atomic mass is 9.92. The molecule has 0 aliphatic rings. The Morgan fingerprint density at radius 2 is 1.52 bits per heavy atom. The van der Waals surface area contributed by atoms with Gasteiger partial charge in [-0.15, -0.1) is 0 Å². The van der Waals surface area contributed by atoms with Gasteiger partial charge in [0.15, 0.2) is 0 Å². The molecule has 0 aromatic heterocycles. The van der Waals surface area contributed by atoms with Crippen molar-refractivity contribution in [1.29, 1.82) is 0 Å². The Kier molecular flexibility index (Phi) is 5.42. The van der Waals surface area contributed by atoms with E-state index in [1.807, 2.05) is 39.8 Å². The molecule has 21 heavy (non-hydrogen) atoms. The molecule has 0 fully saturated rings. The van der Waals surface area contributed by atoms with Crippen LogP contribution < -0.4 is 0 Å². The number of fused-ring (bicyclic) bond motifs is 1. The molecule has 2 rings (SSSR count). The van der Waals surface area contributed by atoms with Crippen LogP contribution in [0.1, 0.15) is 38.8 Å². The van der Waals surface area contributed by atoms with Crippen molar-refractivity contribution in [2.75, 3.05) is 0 Å². The molecule has 2 aromatic rings. The van der Waals surface area contributed by atoms with Gasteiger partial charge in [-0.25, -0.2) is 0 Å². The summed E-state index contributed by atoms with van der Waals surface area (Å²) >= 11 is 0. The SMILES string of the molecule is C=C(C)c1cccc2c([N+](=O)[O-])ccc(C(=C)C)c12.CC. The molecular formula is C18H21NO2. The fourth-order valence-corrected chi connectivity index (χ4v) is 2.26. The number of hydrogen-bond donors (Lipinski definition) is 0. The van der Waals surface area contributed by atoms with Crippen LogP contribution in [0, 0.1) is 10.1 Å². The van der Waals surface area contributed by atoms with Gasteiger partial charge in [0.2, 0.25) is 0 Å². The van der Waals surface area contributed by atoms with E-state index in [1.165, 1.54) is 6.07 Å². The van der Waals surface area contributed by atoms with Crippen molar-refractivity contribution in [2.24, 2.45) is 0 Å². The molecule has 0 amide bonds. The second-order valence-electron chi connectivity index (χ2n) is 4.68. The van der Waals surface area contributed by atoms with Gasteiger partial charge < -0.3 is 0 Å². The Balaban J connectivity index is 0.00000106. The maximum atomic E-state index is 11.1. The molecule has 0 spiro atoms. The molecule has 0 radical (unpaired) electrons. The van der Waals surface area contributed by atoms with Crippen LogP contribution in [0.5, 0.6) is 0 Å². The second kappa shape index (κ2) is 6.84. The number of hydrogen-bond acceptors (Lipinski definition) is 2. The van der Waals surface area contributed by atoms with Gasteiger partial charge in [0, 0.05) is 11.5 Å². The lowest BCUT2D eigenvalue weighted by molar-refractivity contribution is -0.383. The normalized spacial score (nSPS) is 9.71. The molecule has 0 bridgehead atoms. The van der Waals surface area contributed by atoms with E-state index in [4.69, 9.17) is 0 Å². The Bertz CT molecular complexity index is 694. The highest BCUT2D eigenvalue weighted by Gasteiger charge is 2.17. The molecule has 0 aliphatic carbocycles. The first-order chi connectivity index (χ1) is 9.93. The summed E-state index contributed by atoms with van der Waals surface area (Å²) < 4.78 is 0. The van der Waals surface area contributed by atoms with Gasteiger partial charge in [-0.2, -0.15) is 0 Å². The smallest absolute Gasteiger partial charge is 0.258 e. The first-order valence-electron chi connectivity index (χ1n) is 6.95.